The van der Waals surface area contributed by atoms with Crippen LogP contribution in [0.5, 0.6) is 0 Å². The quantitative estimate of drug-likeness (QED) is 0.765. The lowest BCUT2D eigenvalue weighted by atomic mass is 10.2. The predicted molar refractivity (Wildman–Crippen MR) is 68.1 cm³/mol. The van der Waals surface area contributed by atoms with E-state index in [1.807, 2.05) is 0 Å². The molecule has 0 radical (unpaired) electrons. The molecule has 1 fully saturated rings. The van der Waals surface area contributed by atoms with Gasteiger partial charge in [0.2, 0.25) is 5.91 Å². The molecule has 0 aromatic carbocycles. The molecule has 0 bridgehead atoms. The maximum Gasteiger partial charge on any atom is 0.221 e. The van der Waals surface area contributed by atoms with E-state index in [1.165, 1.54) is 0 Å². The molecule has 1 amide bonds. The first kappa shape index (κ1) is 14.0. The molecular formula is C11H17N3O4S. The van der Waals surface area contributed by atoms with Gasteiger partial charge in [0.1, 0.15) is 11.5 Å². The molecule has 1 aromatic rings. The van der Waals surface area contributed by atoms with Crippen LogP contribution in [0.2, 0.25) is 0 Å². The van der Waals surface area contributed by atoms with Crippen LogP contribution in [0.15, 0.2) is 10.6 Å². The van der Waals surface area contributed by atoms with Crippen LogP contribution in [0.3, 0.4) is 0 Å². The van der Waals surface area contributed by atoms with Gasteiger partial charge in [0.25, 0.3) is 0 Å². The lowest BCUT2D eigenvalue weighted by Gasteiger charge is -2.22. The molecule has 1 aliphatic rings. The van der Waals surface area contributed by atoms with Crippen molar-refractivity contribution < 1.29 is 17.7 Å². The van der Waals surface area contributed by atoms with Crippen molar-refractivity contribution in [1.29, 1.82) is 0 Å². The van der Waals surface area contributed by atoms with Gasteiger partial charge in [0, 0.05) is 25.1 Å². The van der Waals surface area contributed by atoms with E-state index in [0.29, 0.717) is 18.0 Å². The van der Waals surface area contributed by atoms with Crippen LogP contribution in [-0.4, -0.2) is 43.6 Å². The number of aryl methyl sites for hydroxylation is 1. The minimum atomic E-state index is -3.01. The Morgan fingerprint density at radius 2 is 2.42 bits per heavy atom. The third kappa shape index (κ3) is 4.32. The summed E-state index contributed by atoms with van der Waals surface area (Å²) in [4.78, 5) is 11.7. The number of sulfone groups is 1. The summed E-state index contributed by atoms with van der Waals surface area (Å²) in [6, 6.07) is 1.43. The largest absolute Gasteiger partial charge is 0.361 e. The summed E-state index contributed by atoms with van der Waals surface area (Å²) < 4.78 is 27.7. The SMILES string of the molecule is Cc1cc(CNC(=O)CC2CS(=O)(=O)CCN2)no1. The molecule has 1 unspecified atom stereocenters. The van der Waals surface area contributed by atoms with E-state index in [4.69, 9.17) is 4.52 Å². The van der Waals surface area contributed by atoms with Crippen LogP contribution < -0.4 is 10.6 Å². The fraction of sp³-hybridized carbons (Fsp3) is 0.636. The van der Waals surface area contributed by atoms with Gasteiger partial charge in [-0.05, 0) is 6.92 Å². The second-order valence-electron chi connectivity index (χ2n) is 4.68. The normalized spacial score (nSPS) is 22.1. The average molecular weight is 287 g/mol. The van der Waals surface area contributed by atoms with E-state index in [0.717, 1.165) is 0 Å². The Bertz CT molecular complexity index is 552. The van der Waals surface area contributed by atoms with Gasteiger partial charge in [-0.15, -0.1) is 0 Å². The molecular weight excluding hydrogens is 270 g/mol. The molecule has 2 N–H and O–H groups in total. The number of nitrogens with one attached hydrogen (secondary N) is 2. The Morgan fingerprint density at radius 1 is 1.63 bits per heavy atom. The third-order valence-corrected chi connectivity index (χ3v) is 4.61. The minimum Gasteiger partial charge on any atom is -0.361 e. The maximum atomic E-state index is 11.7. The van der Waals surface area contributed by atoms with Gasteiger partial charge in [-0.3, -0.25) is 4.79 Å². The molecule has 19 heavy (non-hydrogen) atoms. The van der Waals surface area contributed by atoms with Crippen molar-refractivity contribution in [3.63, 3.8) is 0 Å². The molecule has 106 valence electrons. The fourth-order valence-electron chi connectivity index (χ4n) is 1.98. The van der Waals surface area contributed by atoms with E-state index in [9.17, 15) is 13.2 Å². The zero-order valence-corrected chi connectivity index (χ0v) is 11.5. The number of amides is 1. The van der Waals surface area contributed by atoms with Gasteiger partial charge >= 0.3 is 0 Å². The van der Waals surface area contributed by atoms with Crippen LogP contribution >= 0.6 is 0 Å². The van der Waals surface area contributed by atoms with Crippen molar-refractivity contribution >= 4 is 15.7 Å². The summed E-state index contributed by atoms with van der Waals surface area (Å²) in [5.74, 6) is 0.645. The number of carbonyl (C=O) groups is 1. The highest BCUT2D eigenvalue weighted by Gasteiger charge is 2.25. The number of rotatable bonds is 4. The number of carbonyl (C=O) groups excluding carboxylic acids is 1. The van der Waals surface area contributed by atoms with Gasteiger partial charge < -0.3 is 15.2 Å². The summed E-state index contributed by atoms with van der Waals surface area (Å²) in [6.45, 7) is 2.47. The van der Waals surface area contributed by atoms with E-state index in [2.05, 4.69) is 15.8 Å². The van der Waals surface area contributed by atoms with E-state index in [1.54, 1.807) is 13.0 Å². The molecule has 1 saturated heterocycles. The van der Waals surface area contributed by atoms with Crippen molar-refractivity contribution in [2.75, 3.05) is 18.1 Å². The van der Waals surface area contributed by atoms with Crippen molar-refractivity contribution in [3.05, 3.63) is 17.5 Å². The van der Waals surface area contributed by atoms with Crippen LogP contribution in [0.1, 0.15) is 17.9 Å². The highest BCUT2D eigenvalue weighted by atomic mass is 32.2. The molecule has 1 atom stereocenters. The topological polar surface area (TPSA) is 101 Å². The van der Waals surface area contributed by atoms with Crippen LogP contribution in [0.4, 0.5) is 0 Å². The van der Waals surface area contributed by atoms with Crippen molar-refractivity contribution in [2.45, 2.75) is 25.9 Å². The molecule has 2 heterocycles. The van der Waals surface area contributed by atoms with Gasteiger partial charge in [-0.25, -0.2) is 8.42 Å². The van der Waals surface area contributed by atoms with Gasteiger partial charge in [-0.1, -0.05) is 5.16 Å². The van der Waals surface area contributed by atoms with Crippen LogP contribution in [0.25, 0.3) is 0 Å². The number of hydrogen-bond acceptors (Lipinski definition) is 6. The van der Waals surface area contributed by atoms with Gasteiger partial charge in [-0.2, -0.15) is 0 Å². The van der Waals surface area contributed by atoms with Crippen molar-refractivity contribution in [2.24, 2.45) is 0 Å². The summed E-state index contributed by atoms with van der Waals surface area (Å²) in [5, 5.41) is 9.48. The Kier molecular flexibility index (Phi) is 4.20. The van der Waals surface area contributed by atoms with E-state index < -0.39 is 9.84 Å². The Labute approximate surface area is 111 Å². The lowest BCUT2D eigenvalue weighted by molar-refractivity contribution is -0.121. The first-order valence-corrected chi connectivity index (χ1v) is 7.89. The summed E-state index contributed by atoms with van der Waals surface area (Å²) in [5.41, 5.74) is 0.648. The molecule has 0 spiro atoms. The van der Waals surface area contributed by atoms with Crippen LogP contribution in [-0.2, 0) is 21.2 Å². The minimum absolute atomic E-state index is 0.0173. The number of nitrogens with zero attached hydrogens (tertiary/aromatic N) is 1. The maximum absolute atomic E-state index is 11.7. The van der Waals surface area contributed by atoms with Gasteiger partial charge in [0.05, 0.1) is 18.1 Å². The molecule has 1 aliphatic heterocycles. The molecule has 2 rings (SSSR count). The lowest BCUT2D eigenvalue weighted by Crippen LogP contribution is -2.47. The molecule has 7 nitrogen and oxygen atoms in total. The standard InChI is InChI=1S/C11H17N3O4S/c1-8-4-9(14-18-8)6-13-11(15)5-10-7-19(16,17)3-2-12-10/h4,10,12H,2-3,5-7H2,1H3,(H,13,15). The highest BCUT2D eigenvalue weighted by molar-refractivity contribution is 7.91. The summed E-state index contributed by atoms with van der Waals surface area (Å²) in [7, 11) is -3.01. The Morgan fingerprint density at radius 3 is 3.05 bits per heavy atom. The zero-order chi connectivity index (χ0) is 13.9. The fourth-order valence-corrected chi connectivity index (χ4v) is 3.43. The van der Waals surface area contributed by atoms with Crippen LogP contribution in [0, 0.1) is 6.92 Å². The van der Waals surface area contributed by atoms with E-state index >= 15 is 0 Å². The van der Waals surface area contributed by atoms with E-state index in [-0.39, 0.29) is 36.4 Å². The first-order chi connectivity index (χ1) is 8.94. The van der Waals surface area contributed by atoms with Crippen molar-refractivity contribution in [3.8, 4) is 0 Å². The Balaban J connectivity index is 1.78. The second-order valence-corrected chi connectivity index (χ2v) is 6.90. The predicted octanol–water partition coefficient (Wildman–Crippen LogP) is -0.624. The molecule has 1 aromatic heterocycles. The first-order valence-electron chi connectivity index (χ1n) is 6.07. The average Bonchev–Trinajstić information content (AvgIpc) is 2.71. The second kappa shape index (κ2) is 5.70. The third-order valence-electron chi connectivity index (χ3n) is 2.88. The monoisotopic (exact) mass is 287 g/mol. The number of aromatic nitrogens is 1. The summed E-state index contributed by atoms with van der Waals surface area (Å²) in [6.07, 6.45) is 0.149. The number of hydrogen-bond donors (Lipinski definition) is 2. The smallest absolute Gasteiger partial charge is 0.221 e. The molecule has 0 saturated carbocycles. The Hall–Kier alpha value is -1.41. The summed E-state index contributed by atoms with van der Waals surface area (Å²) >= 11 is 0. The van der Waals surface area contributed by atoms with Crippen molar-refractivity contribution in [1.82, 2.24) is 15.8 Å². The van der Waals surface area contributed by atoms with Gasteiger partial charge in [0.15, 0.2) is 9.84 Å². The zero-order valence-electron chi connectivity index (χ0n) is 10.7. The molecule has 8 heteroatoms. The highest BCUT2D eigenvalue weighted by Crippen LogP contribution is 2.05. The molecule has 0 aliphatic carbocycles.